The highest BCUT2D eigenvalue weighted by Crippen LogP contribution is 2.28. The van der Waals surface area contributed by atoms with E-state index < -0.39 is 6.43 Å². The lowest BCUT2D eigenvalue weighted by atomic mass is 10.1. The minimum Gasteiger partial charge on any atom is -0.481 e. The predicted molar refractivity (Wildman–Crippen MR) is 57.7 cm³/mol. The Hall–Kier alpha value is -1.22. The summed E-state index contributed by atoms with van der Waals surface area (Å²) in [5, 5.41) is 9.03. The minimum atomic E-state index is -2.67. The van der Waals surface area contributed by atoms with Crippen LogP contribution in [0.5, 0.6) is 5.88 Å². The first-order chi connectivity index (χ1) is 7.63. The van der Waals surface area contributed by atoms with Crippen molar-refractivity contribution in [1.82, 2.24) is 4.98 Å². The number of hydrogen-bond donors (Lipinski definition) is 0. The first-order valence-electron chi connectivity index (χ1n) is 4.41. The molecule has 1 heterocycles. The maximum absolute atomic E-state index is 12.5. The molecule has 0 amide bonds. The maximum atomic E-state index is 12.5. The summed E-state index contributed by atoms with van der Waals surface area (Å²) < 4.78 is 30.0. The van der Waals surface area contributed by atoms with E-state index in [4.69, 9.17) is 10.00 Å². The Labute approximate surface area is 100 Å². The van der Waals surface area contributed by atoms with Gasteiger partial charge in [0.25, 0.3) is 6.43 Å². The molecule has 16 heavy (non-hydrogen) atoms. The van der Waals surface area contributed by atoms with E-state index in [2.05, 4.69) is 20.9 Å². The second kappa shape index (κ2) is 5.75. The van der Waals surface area contributed by atoms with E-state index in [1.807, 2.05) is 6.07 Å². The summed E-state index contributed by atoms with van der Waals surface area (Å²) in [5.41, 5.74) is 0.779. The Morgan fingerprint density at radius 2 is 2.31 bits per heavy atom. The molecule has 0 aliphatic heterocycles. The van der Waals surface area contributed by atoms with Gasteiger partial charge in [-0.05, 0) is 11.6 Å². The zero-order valence-corrected chi connectivity index (χ0v) is 10.1. The fraction of sp³-hybridized carbons (Fsp3) is 0.400. The molecule has 3 nitrogen and oxygen atoms in total. The number of halogens is 3. The Morgan fingerprint density at radius 3 is 2.75 bits per heavy atom. The first kappa shape index (κ1) is 12.8. The van der Waals surface area contributed by atoms with Crippen molar-refractivity contribution in [3.8, 4) is 11.9 Å². The van der Waals surface area contributed by atoms with Crippen molar-refractivity contribution < 1.29 is 13.5 Å². The van der Waals surface area contributed by atoms with Crippen molar-refractivity contribution in [3.63, 3.8) is 0 Å². The lowest BCUT2D eigenvalue weighted by Gasteiger charge is -2.11. The van der Waals surface area contributed by atoms with Crippen LogP contribution in [0.15, 0.2) is 6.07 Å². The largest absolute Gasteiger partial charge is 0.481 e. The minimum absolute atomic E-state index is 0.0551. The van der Waals surface area contributed by atoms with Crippen LogP contribution in [0.25, 0.3) is 0 Å². The van der Waals surface area contributed by atoms with E-state index in [0.717, 1.165) is 0 Å². The van der Waals surface area contributed by atoms with Crippen LogP contribution in [0.3, 0.4) is 0 Å². The zero-order valence-electron chi connectivity index (χ0n) is 8.51. The lowest BCUT2D eigenvalue weighted by Crippen LogP contribution is -2.03. The van der Waals surface area contributed by atoms with E-state index in [1.165, 1.54) is 13.2 Å². The number of rotatable bonds is 4. The summed E-state index contributed by atoms with van der Waals surface area (Å²) >= 11 is 3.21. The van der Waals surface area contributed by atoms with Crippen LogP contribution < -0.4 is 4.74 Å². The molecule has 86 valence electrons. The van der Waals surface area contributed by atoms with Gasteiger partial charge in [0, 0.05) is 10.9 Å². The molecule has 6 heteroatoms. The number of ether oxygens (including phenoxy) is 1. The molecule has 1 rings (SSSR count). The molecule has 1 aromatic rings. The van der Waals surface area contributed by atoms with Crippen LogP contribution >= 0.6 is 15.9 Å². The molecular formula is C10H9BrF2N2O. The third-order valence-corrected chi connectivity index (χ3v) is 2.58. The highest BCUT2D eigenvalue weighted by molar-refractivity contribution is 9.08. The van der Waals surface area contributed by atoms with Gasteiger partial charge in [-0.3, -0.25) is 0 Å². The van der Waals surface area contributed by atoms with Gasteiger partial charge in [-0.1, -0.05) is 15.9 Å². The van der Waals surface area contributed by atoms with Gasteiger partial charge in [-0.25, -0.2) is 13.8 Å². The van der Waals surface area contributed by atoms with Gasteiger partial charge in [0.1, 0.15) is 5.69 Å². The van der Waals surface area contributed by atoms with E-state index >= 15 is 0 Å². The molecule has 0 spiro atoms. The molecule has 0 unspecified atom stereocenters. The van der Waals surface area contributed by atoms with Gasteiger partial charge in [-0.2, -0.15) is 5.26 Å². The van der Waals surface area contributed by atoms with Gasteiger partial charge in [0.2, 0.25) is 5.88 Å². The third kappa shape index (κ3) is 2.67. The highest BCUT2D eigenvalue weighted by Gasteiger charge is 2.17. The fourth-order valence-corrected chi connectivity index (χ4v) is 1.89. The summed E-state index contributed by atoms with van der Waals surface area (Å²) in [6, 6.07) is 3.17. The number of nitriles is 1. The molecule has 0 aliphatic carbocycles. The van der Waals surface area contributed by atoms with Crippen LogP contribution in [-0.2, 0) is 11.8 Å². The molecule has 0 fully saturated rings. The fourth-order valence-electron chi connectivity index (χ4n) is 1.29. The van der Waals surface area contributed by atoms with Crippen LogP contribution in [0.4, 0.5) is 8.78 Å². The normalized spacial score (nSPS) is 10.2. The first-order valence-corrected chi connectivity index (χ1v) is 5.54. The van der Waals surface area contributed by atoms with E-state index in [1.54, 1.807) is 0 Å². The molecule has 0 N–H and O–H groups in total. The quantitative estimate of drug-likeness (QED) is 0.801. The zero-order chi connectivity index (χ0) is 12.1. The number of pyridine rings is 1. The van der Waals surface area contributed by atoms with Crippen molar-refractivity contribution in [2.24, 2.45) is 0 Å². The highest BCUT2D eigenvalue weighted by atomic mass is 79.9. The molecule has 0 radical (unpaired) electrons. The lowest BCUT2D eigenvalue weighted by molar-refractivity contribution is 0.145. The average molecular weight is 291 g/mol. The summed E-state index contributed by atoms with van der Waals surface area (Å²) in [5.74, 6) is 0.139. The van der Waals surface area contributed by atoms with Crippen molar-refractivity contribution in [2.45, 2.75) is 18.2 Å². The Kier molecular flexibility index (Phi) is 4.62. The number of methoxy groups -OCH3 is 1. The van der Waals surface area contributed by atoms with Gasteiger partial charge in [0.15, 0.2) is 0 Å². The molecule has 0 aliphatic rings. The monoisotopic (exact) mass is 290 g/mol. The molecule has 0 saturated carbocycles. The number of alkyl halides is 3. The van der Waals surface area contributed by atoms with Gasteiger partial charge < -0.3 is 4.74 Å². The van der Waals surface area contributed by atoms with Crippen molar-refractivity contribution in [1.29, 1.82) is 5.26 Å². The standard InChI is InChI=1S/C10H9BrF2N2O/c1-16-10-7(5-11)6(2-3-14)4-8(15-10)9(12)13/h4,9H,2,5H2,1H3. The second-order valence-electron chi connectivity index (χ2n) is 2.96. The Balaban J connectivity index is 3.32. The van der Waals surface area contributed by atoms with E-state index in [9.17, 15) is 8.78 Å². The van der Waals surface area contributed by atoms with Crippen molar-refractivity contribution in [3.05, 3.63) is 22.9 Å². The van der Waals surface area contributed by atoms with Crippen LogP contribution in [0, 0.1) is 11.3 Å². The van der Waals surface area contributed by atoms with E-state index in [0.29, 0.717) is 16.5 Å². The smallest absolute Gasteiger partial charge is 0.280 e. The Bertz CT molecular complexity index is 418. The number of hydrogen-bond acceptors (Lipinski definition) is 3. The summed E-state index contributed by atoms with van der Waals surface area (Å²) in [6.07, 6.45) is -2.62. The predicted octanol–water partition coefficient (Wildman–Crippen LogP) is 2.99. The summed E-state index contributed by atoms with van der Waals surface area (Å²) in [4.78, 5) is 3.69. The number of nitrogens with zero attached hydrogens (tertiary/aromatic N) is 2. The van der Waals surface area contributed by atoms with Crippen LogP contribution in [0.2, 0.25) is 0 Å². The molecule has 0 aromatic carbocycles. The maximum Gasteiger partial charge on any atom is 0.280 e. The molecule has 1 aromatic heterocycles. The van der Waals surface area contributed by atoms with Crippen molar-refractivity contribution >= 4 is 15.9 Å². The summed E-state index contributed by atoms with van der Waals surface area (Å²) in [6.45, 7) is 0. The van der Waals surface area contributed by atoms with Crippen LogP contribution in [-0.4, -0.2) is 12.1 Å². The Morgan fingerprint density at radius 1 is 1.62 bits per heavy atom. The van der Waals surface area contributed by atoms with Crippen LogP contribution in [0.1, 0.15) is 23.2 Å². The van der Waals surface area contributed by atoms with Gasteiger partial charge in [0.05, 0.1) is 19.6 Å². The average Bonchev–Trinajstić information content (AvgIpc) is 2.28. The van der Waals surface area contributed by atoms with Crippen molar-refractivity contribution in [2.75, 3.05) is 7.11 Å². The molecular weight excluding hydrogens is 282 g/mol. The summed E-state index contributed by atoms with van der Waals surface area (Å²) in [7, 11) is 1.36. The molecule has 0 bridgehead atoms. The van der Waals surface area contributed by atoms with Gasteiger partial charge >= 0.3 is 0 Å². The van der Waals surface area contributed by atoms with E-state index in [-0.39, 0.29) is 18.0 Å². The molecule has 0 atom stereocenters. The third-order valence-electron chi connectivity index (χ3n) is 2.02. The number of aromatic nitrogens is 1. The topological polar surface area (TPSA) is 45.9 Å². The molecule has 0 saturated heterocycles. The second-order valence-corrected chi connectivity index (χ2v) is 3.52. The SMILES string of the molecule is COc1nc(C(F)F)cc(CC#N)c1CBr. The van der Waals surface area contributed by atoms with Gasteiger partial charge in [-0.15, -0.1) is 0 Å².